The van der Waals surface area contributed by atoms with E-state index in [4.69, 9.17) is 19.9 Å². The van der Waals surface area contributed by atoms with Gasteiger partial charge in [0.05, 0.1) is 32.1 Å². The topological polar surface area (TPSA) is 69.8 Å². The van der Waals surface area contributed by atoms with Gasteiger partial charge in [-0.1, -0.05) is 6.07 Å². The molecule has 0 spiro atoms. The Morgan fingerprint density at radius 2 is 1.81 bits per heavy atom. The average molecular weight is 357 g/mol. The SMILES string of the molecule is COc1cc(-c2cccc(N)n2)c(OC)cc1CN1C[C@@H](C)O[C@@H](C)C1. The van der Waals surface area contributed by atoms with E-state index >= 15 is 0 Å². The molecular weight excluding hydrogens is 330 g/mol. The molecule has 1 aliphatic rings. The Morgan fingerprint density at radius 1 is 1.12 bits per heavy atom. The highest BCUT2D eigenvalue weighted by Crippen LogP contribution is 2.36. The van der Waals surface area contributed by atoms with Gasteiger partial charge in [0.1, 0.15) is 17.3 Å². The third-order valence-electron chi connectivity index (χ3n) is 4.54. The summed E-state index contributed by atoms with van der Waals surface area (Å²) < 4.78 is 17.1. The van der Waals surface area contributed by atoms with Crippen LogP contribution in [0, 0.1) is 0 Å². The van der Waals surface area contributed by atoms with E-state index in [1.807, 2.05) is 24.3 Å². The van der Waals surface area contributed by atoms with Crippen molar-refractivity contribution < 1.29 is 14.2 Å². The van der Waals surface area contributed by atoms with E-state index in [9.17, 15) is 0 Å². The molecule has 1 aromatic heterocycles. The lowest BCUT2D eigenvalue weighted by Crippen LogP contribution is -2.44. The molecule has 2 aromatic rings. The van der Waals surface area contributed by atoms with E-state index in [0.29, 0.717) is 5.82 Å². The lowest BCUT2D eigenvalue weighted by molar-refractivity contribution is -0.0706. The van der Waals surface area contributed by atoms with Gasteiger partial charge in [-0.2, -0.15) is 0 Å². The van der Waals surface area contributed by atoms with Crippen molar-refractivity contribution in [3.05, 3.63) is 35.9 Å². The van der Waals surface area contributed by atoms with E-state index in [1.165, 1.54) is 0 Å². The van der Waals surface area contributed by atoms with Crippen LogP contribution in [0.4, 0.5) is 5.82 Å². The number of benzene rings is 1. The van der Waals surface area contributed by atoms with E-state index in [0.717, 1.165) is 48.0 Å². The molecule has 1 aliphatic heterocycles. The Morgan fingerprint density at radius 3 is 2.42 bits per heavy atom. The van der Waals surface area contributed by atoms with Crippen LogP contribution in [0.3, 0.4) is 0 Å². The van der Waals surface area contributed by atoms with Crippen LogP contribution in [0.1, 0.15) is 19.4 Å². The number of morpholine rings is 1. The summed E-state index contributed by atoms with van der Waals surface area (Å²) in [7, 11) is 3.35. The third-order valence-corrected chi connectivity index (χ3v) is 4.54. The van der Waals surface area contributed by atoms with Crippen LogP contribution in [-0.4, -0.2) is 49.4 Å². The Labute approximate surface area is 154 Å². The number of anilines is 1. The Balaban J connectivity index is 1.94. The van der Waals surface area contributed by atoms with Crippen molar-refractivity contribution in [3.63, 3.8) is 0 Å². The fourth-order valence-electron chi connectivity index (χ4n) is 3.54. The zero-order valence-electron chi connectivity index (χ0n) is 15.9. The van der Waals surface area contributed by atoms with E-state index in [-0.39, 0.29) is 12.2 Å². The molecule has 0 amide bonds. The second-order valence-corrected chi connectivity index (χ2v) is 6.76. The minimum Gasteiger partial charge on any atom is -0.496 e. The van der Waals surface area contributed by atoms with Gasteiger partial charge in [-0.15, -0.1) is 0 Å². The standard InChI is InChI=1S/C20H27N3O3/c1-13-10-23(11-14(2)26-13)12-15-8-19(25-4)16(9-18(15)24-3)17-6-5-7-20(21)22-17/h5-9,13-14H,10-12H2,1-4H3,(H2,21,22)/t13-,14+. The first-order valence-corrected chi connectivity index (χ1v) is 8.85. The molecule has 2 N–H and O–H groups in total. The molecule has 140 valence electrons. The molecule has 26 heavy (non-hydrogen) atoms. The van der Waals surface area contributed by atoms with E-state index in [1.54, 1.807) is 20.3 Å². The van der Waals surface area contributed by atoms with Crippen molar-refractivity contribution in [1.29, 1.82) is 0 Å². The Kier molecular flexibility index (Phi) is 5.64. The van der Waals surface area contributed by atoms with Crippen molar-refractivity contribution in [3.8, 4) is 22.8 Å². The minimum absolute atomic E-state index is 0.224. The van der Waals surface area contributed by atoms with Gasteiger partial charge in [0.15, 0.2) is 0 Å². The van der Waals surface area contributed by atoms with Crippen LogP contribution in [0.5, 0.6) is 11.5 Å². The number of rotatable bonds is 5. The molecule has 1 aromatic carbocycles. The van der Waals surface area contributed by atoms with Gasteiger partial charge in [0.2, 0.25) is 0 Å². The fourth-order valence-corrected chi connectivity index (χ4v) is 3.54. The van der Waals surface area contributed by atoms with E-state index in [2.05, 4.69) is 23.7 Å². The number of pyridine rings is 1. The zero-order chi connectivity index (χ0) is 18.7. The molecule has 2 atom stereocenters. The highest BCUT2D eigenvalue weighted by Gasteiger charge is 2.24. The van der Waals surface area contributed by atoms with Crippen molar-refractivity contribution >= 4 is 5.82 Å². The molecule has 2 heterocycles. The quantitative estimate of drug-likeness (QED) is 0.887. The van der Waals surface area contributed by atoms with Gasteiger partial charge >= 0.3 is 0 Å². The summed E-state index contributed by atoms with van der Waals surface area (Å²) >= 11 is 0. The summed E-state index contributed by atoms with van der Waals surface area (Å²) in [5.74, 6) is 2.05. The maximum Gasteiger partial charge on any atom is 0.128 e. The number of nitrogens with two attached hydrogens (primary N) is 1. The first-order chi connectivity index (χ1) is 12.5. The Hall–Kier alpha value is -2.31. The van der Waals surface area contributed by atoms with Crippen LogP contribution < -0.4 is 15.2 Å². The lowest BCUT2D eigenvalue weighted by atomic mass is 10.0. The molecule has 0 saturated carbocycles. The van der Waals surface area contributed by atoms with Crippen molar-refractivity contribution in [2.24, 2.45) is 0 Å². The monoisotopic (exact) mass is 357 g/mol. The maximum atomic E-state index is 5.84. The summed E-state index contributed by atoms with van der Waals surface area (Å²) in [5, 5.41) is 0. The van der Waals surface area contributed by atoms with Gasteiger partial charge in [0, 0.05) is 30.8 Å². The predicted molar refractivity (Wildman–Crippen MR) is 102 cm³/mol. The number of nitrogen functional groups attached to an aromatic ring is 1. The van der Waals surface area contributed by atoms with Crippen LogP contribution in [0.2, 0.25) is 0 Å². The summed E-state index contributed by atoms with van der Waals surface area (Å²) in [5.41, 5.74) is 8.55. The predicted octanol–water partition coefficient (Wildman–Crippen LogP) is 2.96. The molecule has 6 heteroatoms. The van der Waals surface area contributed by atoms with Crippen LogP contribution in [0.15, 0.2) is 30.3 Å². The molecule has 6 nitrogen and oxygen atoms in total. The summed E-state index contributed by atoms with van der Waals surface area (Å²) in [6.07, 6.45) is 0.449. The highest BCUT2D eigenvalue weighted by molar-refractivity contribution is 5.71. The molecule has 0 bridgehead atoms. The van der Waals surface area contributed by atoms with Gasteiger partial charge in [-0.25, -0.2) is 4.98 Å². The van der Waals surface area contributed by atoms with Gasteiger partial charge in [-0.3, -0.25) is 4.90 Å². The third kappa shape index (κ3) is 4.08. The largest absolute Gasteiger partial charge is 0.496 e. The second kappa shape index (κ2) is 7.93. The van der Waals surface area contributed by atoms with Crippen LogP contribution >= 0.6 is 0 Å². The maximum absolute atomic E-state index is 5.84. The Bertz CT molecular complexity index is 756. The van der Waals surface area contributed by atoms with Gasteiger partial charge in [-0.05, 0) is 38.1 Å². The highest BCUT2D eigenvalue weighted by atomic mass is 16.5. The van der Waals surface area contributed by atoms with Crippen LogP contribution in [-0.2, 0) is 11.3 Å². The van der Waals surface area contributed by atoms with Crippen LogP contribution in [0.25, 0.3) is 11.3 Å². The first-order valence-electron chi connectivity index (χ1n) is 8.85. The smallest absolute Gasteiger partial charge is 0.128 e. The second-order valence-electron chi connectivity index (χ2n) is 6.76. The number of hydrogen-bond acceptors (Lipinski definition) is 6. The molecular formula is C20H27N3O3. The normalized spacial score (nSPS) is 20.8. The van der Waals surface area contributed by atoms with Gasteiger partial charge < -0.3 is 19.9 Å². The van der Waals surface area contributed by atoms with E-state index < -0.39 is 0 Å². The van der Waals surface area contributed by atoms with Crippen molar-refractivity contribution in [2.45, 2.75) is 32.6 Å². The number of nitrogens with zero attached hydrogens (tertiary/aromatic N) is 2. The first kappa shape index (κ1) is 18.5. The zero-order valence-corrected chi connectivity index (χ0v) is 15.9. The number of ether oxygens (including phenoxy) is 3. The summed E-state index contributed by atoms with van der Waals surface area (Å²) in [4.78, 5) is 6.79. The fraction of sp³-hybridized carbons (Fsp3) is 0.450. The summed E-state index contributed by atoms with van der Waals surface area (Å²) in [6.45, 7) is 6.79. The number of aromatic nitrogens is 1. The molecule has 0 unspecified atom stereocenters. The number of hydrogen-bond donors (Lipinski definition) is 1. The molecule has 0 radical (unpaired) electrons. The molecule has 1 fully saturated rings. The number of methoxy groups -OCH3 is 2. The summed E-state index contributed by atoms with van der Waals surface area (Å²) in [6, 6.07) is 9.57. The lowest BCUT2D eigenvalue weighted by Gasteiger charge is -2.35. The average Bonchev–Trinajstić information content (AvgIpc) is 2.60. The van der Waals surface area contributed by atoms with Crippen molar-refractivity contribution in [2.75, 3.05) is 33.0 Å². The minimum atomic E-state index is 0.224. The molecule has 1 saturated heterocycles. The van der Waals surface area contributed by atoms with Gasteiger partial charge in [0.25, 0.3) is 0 Å². The van der Waals surface area contributed by atoms with Crippen molar-refractivity contribution in [1.82, 2.24) is 9.88 Å². The molecule has 0 aliphatic carbocycles. The molecule has 3 rings (SSSR count).